The van der Waals surface area contributed by atoms with Crippen molar-refractivity contribution >= 4 is 17.5 Å². The number of fused-ring (bicyclic) bond motifs is 3. The summed E-state index contributed by atoms with van der Waals surface area (Å²) < 4.78 is 5.30. The molecule has 130 valence electrons. The van der Waals surface area contributed by atoms with Gasteiger partial charge in [-0.25, -0.2) is 4.79 Å². The van der Waals surface area contributed by atoms with Gasteiger partial charge in [-0.1, -0.05) is 31.2 Å². The van der Waals surface area contributed by atoms with Gasteiger partial charge in [0, 0.05) is 30.4 Å². The predicted octanol–water partition coefficient (Wildman–Crippen LogP) is 3.67. The summed E-state index contributed by atoms with van der Waals surface area (Å²) in [7, 11) is 4.30. The molecule has 2 aliphatic rings. The van der Waals surface area contributed by atoms with Crippen molar-refractivity contribution in [2.45, 2.75) is 24.9 Å². The van der Waals surface area contributed by atoms with Crippen molar-refractivity contribution in [1.29, 1.82) is 0 Å². The topological polar surface area (TPSA) is 44.8 Å². The Morgan fingerprint density at radius 3 is 2.72 bits per heavy atom. The zero-order chi connectivity index (χ0) is 17.6. The molecule has 0 saturated carbocycles. The molecule has 2 heterocycles. The second-order valence-electron chi connectivity index (χ2n) is 7.19. The van der Waals surface area contributed by atoms with E-state index in [0.717, 1.165) is 18.7 Å². The monoisotopic (exact) mass is 337 g/mol. The van der Waals surface area contributed by atoms with E-state index in [2.05, 4.69) is 42.2 Å². The highest BCUT2D eigenvalue weighted by Crippen LogP contribution is 2.51. The molecule has 0 spiro atoms. The Labute approximate surface area is 148 Å². The van der Waals surface area contributed by atoms with E-state index >= 15 is 0 Å². The van der Waals surface area contributed by atoms with Gasteiger partial charge in [0.05, 0.1) is 6.17 Å². The molecule has 25 heavy (non-hydrogen) atoms. The molecule has 2 aromatic carbocycles. The minimum Gasteiger partial charge on any atom is -0.410 e. The van der Waals surface area contributed by atoms with Gasteiger partial charge in [-0.2, -0.15) is 0 Å². The van der Waals surface area contributed by atoms with Gasteiger partial charge in [0.15, 0.2) is 0 Å². The van der Waals surface area contributed by atoms with E-state index in [0.29, 0.717) is 11.9 Å². The number of carbonyl (C=O) groups is 1. The lowest BCUT2D eigenvalue weighted by molar-refractivity contribution is 0.215. The molecular formula is C20H23N3O2. The molecule has 0 radical (unpaired) electrons. The zero-order valence-corrected chi connectivity index (χ0v) is 14.8. The summed E-state index contributed by atoms with van der Waals surface area (Å²) >= 11 is 0. The molecule has 4 rings (SSSR count). The molecular weight excluding hydrogens is 314 g/mol. The van der Waals surface area contributed by atoms with Crippen LogP contribution in [0.4, 0.5) is 16.2 Å². The first kappa shape index (κ1) is 16.0. The highest BCUT2D eigenvalue weighted by molar-refractivity contribution is 5.87. The maximum absolute atomic E-state index is 12.1. The lowest BCUT2D eigenvalue weighted by Crippen LogP contribution is -2.45. The van der Waals surface area contributed by atoms with Crippen LogP contribution in [-0.4, -0.2) is 37.8 Å². The fourth-order valence-corrected chi connectivity index (χ4v) is 4.40. The molecule has 2 unspecified atom stereocenters. The summed E-state index contributed by atoms with van der Waals surface area (Å²) in [5, 5.41) is 2.83. The number of amides is 1. The minimum atomic E-state index is -0.477. The second kappa shape index (κ2) is 5.77. The van der Waals surface area contributed by atoms with Crippen LogP contribution in [0.25, 0.3) is 0 Å². The Hall–Kier alpha value is -2.53. The number of likely N-dealkylation sites (tertiary alicyclic amines) is 1. The molecule has 5 heteroatoms. The number of rotatable bonds is 2. The average molecular weight is 337 g/mol. The molecule has 0 aromatic heterocycles. The van der Waals surface area contributed by atoms with Gasteiger partial charge in [0.2, 0.25) is 0 Å². The van der Waals surface area contributed by atoms with Gasteiger partial charge in [-0.3, -0.25) is 10.2 Å². The fraction of sp³-hybridized carbons (Fsp3) is 0.350. The van der Waals surface area contributed by atoms with Crippen molar-refractivity contribution in [1.82, 2.24) is 4.90 Å². The normalized spacial score (nSPS) is 24.8. The maximum atomic E-state index is 12.1. The van der Waals surface area contributed by atoms with Gasteiger partial charge in [-0.15, -0.1) is 0 Å². The zero-order valence-electron chi connectivity index (χ0n) is 14.8. The molecule has 1 N–H and O–H groups in total. The summed E-state index contributed by atoms with van der Waals surface area (Å²) in [4.78, 5) is 16.8. The number of hydrogen-bond donors (Lipinski definition) is 1. The van der Waals surface area contributed by atoms with E-state index in [9.17, 15) is 4.79 Å². The van der Waals surface area contributed by atoms with Crippen molar-refractivity contribution in [2.24, 2.45) is 0 Å². The Morgan fingerprint density at radius 1 is 1.20 bits per heavy atom. The SMILES string of the molecule is CN1CCC2(C)c3ccc(NC(=O)Oc4ccccc4)cc3N(C)C12. The highest BCUT2D eigenvalue weighted by Gasteiger charge is 2.52. The van der Waals surface area contributed by atoms with Crippen LogP contribution in [0.3, 0.4) is 0 Å². The molecule has 2 aliphatic heterocycles. The number of ether oxygens (including phenoxy) is 1. The van der Waals surface area contributed by atoms with Gasteiger partial charge in [-0.05, 0) is 43.3 Å². The number of carbonyl (C=O) groups excluding carboxylic acids is 1. The van der Waals surface area contributed by atoms with Crippen LogP contribution < -0.4 is 15.0 Å². The quantitative estimate of drug-likeness (QED) is 0.908. The fourth-order valence-electron chi connectivity index (χ4n) is 4.40. The number of hydrogen-bond acceptors (Lipinski definition) is 4. The Kier molecular flexibility index (Phi) is 3.69. The van der Waals surface area contributed by atoms with Crippen molar-refractivity contribution in [3.05, 3.63) is 54.1 Å². The molecule has 2 aromatic rings. The summed E-state index contributed by atoms with van der Waals surface area (Å²) in [6.07, 6.45) is 1.04. The predicted molar refractivity (Wildman–Crippen MR) is 99.3 cm³/mol. The number of nitrogens with one attached hydrogen (secondary N) is 1. The molecule has 2 atom stereocenters. The van der Waals surface area contributed by atoms with Crippen LogP contribution in [-0.2, 0) is 5.41 Å². The summed E-state index contributed by atoms with van der Waals surface area (Å²) in [6, 6.07) is 15.2. The third-order valence-corrected chi connectivity index (χ3v) is 5.53. The first-order valence-electron chi connectivity index (χ1n) is 8.60. The van der Waals surface area contributed by atoms with E-state index < -0.39 is 6.09 Å². The van der Waals surface area contributed by atoms with Crippen molar-refractivity contribution in [3.8, 4) is 5.75 Å². The number of likely N-dealkylation sites (N-methyl/N-ethyl adjacent to an activating group) is 2. The van der Waals surface area contributed by atoms with Crippen LogP contribution in [0.15, 0.2) is 48.5 Å². The number of anilines is 2. The molecule has 0 bridgehead atoms. The van der Waals surface area contributed by atoms with E-state index in [-0.39, 0.29) is 5.41 Å². The lowest BCUT2D eigenvalue weighted by Gasteiger charge is -2.32. The van der Waals surface area contributed by atoms with Crippen molar-refractivity contribution in [2.75, 3.05) is 30.9 Å². The Balaban J connectivity index is 1.55. The Bertz CT molecular complexity index is 808. The largest absolute Gasteiger partial charge is 0.417 e. The molecule has 1 saturated heterocycles. The third kappa shape index (κ3) is 2.55. The first-order valence-corrected chi connectivity index (χ1v) is 8.60. The number of benzene rings is 2. The minimum absolute atomic E-state index is 0.141. The van der Waals surface area contributed by atoms with Gasteiger partial charge in [0.25, 0.3) is 0 Å². The van der Waals surface area contributed by atoms with Crippen LogP contribution in [0, 0.1) is 0 Å². The van der Waals surface area contributed by atoms with E-state index in [1.807, 2.05) is 30.3 Å². The van der Waals surface area contributed by atoms with Crippen molar-refractivity contribution < 1.29 is 9.53 Å². The van der Waals surface area contributed by atoms with Gasteiger partial charge < -0.3 is 9.64 Å². The van der Waals surface area contributed by atoms with Gasteiger partial charge in [0.1, 0.15) is 5.75 Å². The summed E-state index contributed by atoms with van der Waals surface area (Å²) in [6.45, 7) is 3.44. The third-order valence-electron chi connectivity index (χ3n) is 5.53. The van der Waals surface area contributed by atoms with E-state index in [4.69, 9.17) is 4.74 Å². The van der Waals surface area contributed by atoms with Crippen LogP contribution in [0.5, 0.6) is 5.75 Å². The molecule has 1 fully saturated rings. The van der Waals surface area contributed by atoms with E-state index in [1.165, 1.54) is 11.3 Å². The van der Waals surface area contributed by atoms with Crippen LogP contribution >= 0.6 is 0 Å². The van der Waals surface area contributed by atoms with Crippen molar-refractivity contribution in [3.63, 3.8) is 0 Å². The Morgan fingerprint density at radius 2 is 1.96 bits per heavy atom. The molecule has 0 aliphatic carbocycles. The number of para-hydroxylation sites is 1. The molecule has 1 amide bonds. The first-order chi connectivity index (χ1) is 12.0. The smallest absolute Gasteiger partial charge is 0.410 e. The average Bonchev–Trinajstić information content (AvgIpc) is 3.01. The van der Waals surface area contributed by atoms with Crippen LogP contribution in [0.1, 0.15) is 18.9 Å². The van der Waals surface area contributed by atoms with Crippen LogP contribution in [0.2, 0.25) is 0 Å². The highest BCUT2D eigenvalue weighted by atomic mass is 16.6. The summed E-state index contributed by atoms with van der Waals surface area (Å²) in [5.74, 6) is 0.530. The lowest BCUT2D eigenvalue weighted by atomic mass is 9.81. The molecule has 5 nitrogen and oxygen atoms in total. The summed E-state index contributed by atoms with van der Waals surface area (Å²) in [5.41, 5.74) is 3.42. The van der Waals surface area contributed by atoms with Gasteiger partial charge >= 0.3 is 6.09 Å². The standard InChI is InChI=1S/C20H23N3O2/c1-20-11-12-22(2)18(20)23(3)17-13-14(9-10-16(17)20)21-19(24)25-15-7-5-4-6-8-15/h4-10,13,18H,11-12H2,1-3H3,(H,21,24). The second-order valence-corrected chi connectivity index (χ2v) is 7.19. The number of nitrogens with zero attached hydrogens (tertiary/aromatic N) is 2. The van der Waals surface area contributed by atoms with E-state index in [1.54, 1.807) is 12.1 Å². The maximum Gasteiger partial charge on any atom is 0.417 e.